The van der Waals surface area contributed by atoms with Crippen molar-refractivity contribution in [2.45, 2.75) is 105 Å². The summed E-state index contributed by atoms with van der Waals surface area (Å²) in [7, 11) is 4.28. The first-order valence-corrected chi connectivity index (χ1v) is 11.4. The number of hydrogen-bond acceptors (Lipinski definition) is 3. The van der Waals surface area contributed by atoms with Gasteiger partial charge in [0, 0.05) is 0 Å². The van der Waals surface area contributed by atoms with Gasteiger partial charge in [-0.05, 0) is 64.6 Å². The maximum atomic E-state index is 6.26. The summed E-state index contributed by atoms with van der Waals surface area (Å²) in [6.45, 7) is 12.0. The number of unbranched alkanes of at least 4 members (excludes halogenated alkanes) is 3. The molecule has 0 N–H and O–H groups in total. The summed E-state index contributed by atoms with van der Waals surface area (Å²) >= 11 is 0. The molecule has 0 aliphatic heterocycles. The van der Waals surface area contributed by atoms with E-state index in [4.69, 9.17) is 9.47 Å². The summed E-state index contributed by atoms with van der Waals surface area (Å²) in [6, 6.07) is 0. The molecule has 3 nitrogen and oxygen atoms in total. The Hall–Kier alpha value is -0.120. The van der Waals surface area contributed by atoms with E-state index in [2.05, 4.69) is 46.7 Å². The average molecular weight is 372 g/mol. The van der Waals surface area contributed by atoms with Gasteiger partial charge in [-0.1, -0.05) is 66.2 Å². The van der Waals surface area contributed by atoms with Crippen molar-refractivity contribution in [2.24, 2.45) is 11.8 Å². The van der Waals surface area contributed by atoms with E-state index in [1.54, 1.807) is 0 Å². The SMILES string of the molecule is CCCCC(CC)COC(CCCCN(C)C)OCC(CC)CCCC. The molecule has 3 heteroatoms. The molecule has 0 rings (SSSR count). The molecule has 0 aromatic rings. The van der Waals surface area contributed by atoms with Crippen LogP contribution in [-0.2, 0) is 9.47 Å². The van der Waals surface area contributed by atoms with Gasteiger partial charge in [0.2, 0.25) is 0 Å². The molecular weight excluding hydrogens is 322 g/mol. The fourth-order valence-corrected chi connectivity index (χ4v) is 3.24. The second-order valence-electron chi connectivity index (χ2n) is 8.23. The van der Waals surface area contributed by atoms with Crippen LogP contribution in [0, 0.1) is 11.8 Å². The van der Waals surface area contributed by atoms with Crippen LogP contribution in [0.2, 0.25) is 0 Å². The Morgan fingerprint density at radius 3 is 1.54 bits per heavy atom. The first-order chi connectivity index (χ1) is 12.6. The van der Waals surface area contributed by atoms with E-state index in [-0.39, 0.29) is 6.29 Å². The molecule has 2 unspecified atom stereocenters. The molecule has 0 saturated carbocycles. The molecule has 0 aromatic carbocycles. The molecule has 0 aromatic heterocycles. The van der Waals surface area contributed by atoms with Crippen molar-refractivity contribution in [3.05, 3.63) is 0 Å². The summed E-state index contributed by atoms with van der Waals surface area (Å²) in [4.78, 5) is 2.26. The standard InChI is InChI=1S/C23H49NO2/c1-7-11-15-21(9-3)19-25-23(17-13-14-18-24(5)6)26-20-22(10-4)16-12-8-2/h21-23H,7-20H2,1-6H3. The number of rotatable bonds is 19. The molecule has 0 bridgehead atoms. The predicted molar refractivity (Wildman–Crippen MR) is 115 cm³/mol. The number of hydrogen-bond donors (Lipinski definition) is 0. The third-order valence-electron chi connectivity index (χ3n) is 5.42. The van der Waals surface area contributed by atoms with Crippen LogP contribution in [0.25, 0.3) is 0 Å². The van der Waals surface area contributed by atoms with Crippen molar-refractivity contribution in [1.29, 1.82) is 0 Å². The third kappa shape index (κ3) is 15.0. The predicted octanol–water partition coefficient (Wildman–Crippen LogP) is 6.51. The Balaban J connectivity index is 4.37. The lowest BCUT2D eigenvalue weighted by Gasteiger charge is -2.24. The molecule has 0 heterocycles. The van der Waals surface area contributed by atoms with Crippen molar-refractivity contribution in [2.75, 3.05) is 33.9 Å². The molecule has 0 spiro atoms. The molecule has 0 aliphatic carbocycles. The van der Waals surface area contributed by atoms with E-state index in [0.29, 0.717) is 11.8 Å². The Kier molecular flexibility index (Phi) is 18.2. The molecule has 0 aliphatic rings. The fourth-order valence-electron chi connectivity index (χ4n) is 3.24. The largest absolute Gasteiger partial charge is 0.352 e. The lowest BCUT2D eigenvalue weighted by molar-refractivity contribution is -0.162. The smallest absolute Gasteiger partial charge is 0.157 e. The zero-order valence-corrected chi connectivity index (χ0v) is 18.9. The van der Waals surface area contributed by atoms with Crippen LogP contribution in [0.15, 0.2) is 0 Å². The normalized spacial score (nSPS) is 15.3. The summed E-state index contributed by atoms with van der Waals surface area (Å²) in [5.41, 5.74) is 0. The van der Waals surface area contributed by atoms with E-state index in [9.17, 15) is 0 Å². The van der Waals surface area contributed by atoms with Crippen LogP contribution in [-0.4, -0.2) is 45.0 Å². The van der Waals surface area contributed by atoms with Gasteiger partial charge in [-0.2, -0.15) is 0 Å². The van der Waals surface area contributed by atoms with Gasteiger partial charge in [0.25, 0.3) is 0 Å². The molecule has 26 heavy (non-hydrogen) atoms. The molecule has 2 atom stereocenters. The fraction of sp³-hybridized carbons (Fsp3) is 1.00. The Morgan fingerprint density at radius 1 is 0.654 bits per heavy atom. The van der Waals surface area contributed by atoms with Crippen LogP contribution >= 0.6 is 0 Å². The topological polar surface area (TPSA) is 21.7 Å². The second-order valence-corrected chi connectivity index (χ2v) is 8.23. The van der Waals surface area contributed by atoms with Crippen LogP contribution in [0.4, 0.5) is 0 Å². The van der Waals surface area contributed by atoms with E-state index in [1.165, 1.54) is 64.2 Å². The van der Waals surface area contributed by atoms with Crippen molar-refractivity contribution >= 4 is 0 Å². The molecule has 0 amide bonds. The first kappa shape index (κ1) is 25.9. The van der Waals surface area contributed by atoms with Gasteiger partial charge in [-0.3, -0.25) is 0 Å². The highest BCUT2D eigenvalue weighted by Crippen LogP contribution is 2.19. The van der Waals surface area contributed by atoms with Gasteiger partial charge in [0.05, 0.1) is 13.2 Å². The van der Waals surface area contributed by atoms with Crippen LogP contribution in [0.3, 0.4) is 0 Å². The van der Waals surface area contributed by atoms with Crippen molar-refractivity contribution in [3.8, 4) is 0 Å². The molecule has 158 valence electrons. The monoisotopic (exact) mass is 371 g/mol. The second kappa shape index (κ2) is 18.3. The average Bonchev–Trinajstić information content (AvgIpc) is 2.64. The van der Waals surface area contributed by atoms with Gasteiger partial charge >= 0.3 is 0 Å². The Morgan fingerprint density at radius 2 is 1.15 bits per heavy atom. The van der Waals surface area contributed by atoms with E-state index >= 15 is 0 Å². The molecule has 0 radical (unpaired) electrons. The first-order valence-electron chi connectivity index (χ1n) is 11.4. The molecular formula is C23H49NO2. The quantitative estimate of drug-likeness (QED) is 0.191. The minimum atomic E-state index is -0.0106. The Labute approximate surface area is 165 Å². The third-order valence-corrected chi connectivity index (χ3v) is 5.42. The maximum absolute atomic E-state index is 6.26. The lowest BCUT2D eigenvalue weighted by atomic mass is 10.0. The maximum Gasteiger partial charge on any atom is 0.157 e. The summed E-state index contributed by atoms with van der Waals surface area (Å²) in [6.07, 6.45) is 13.6. The van der Waals surface area contributed by atoms with Crippen LogP contribution in [0.5, 0.6) is 0 Å². The van der Waals surface area contributed by atoms with Crippen LogP contribution < -0.4 is 0 Å². The zero-order valence-electron chi connectivity index (χ0n) is 18.9. The number of ether oxygens (including phenoxy) is 2. The highest BCUT2D eigenvalue weighted by Gasteiger charge is 2.16. The van der Waals surface area contributed by atoms with Gasteiger partial charge in [-0.15, -0.1) is 0 Å². The van der Waals surface area contributed by atoms with Gasteiger partial charge in [-0.25, -0.2) is 0 Å². The van der Waals surface area contributed by atoms with Gasteiger partial charge < -0.3 is 14.4 Å². The minimum Gasteiger partial charge on any atom is -0.352 e. The lowest BCUT2D eigenvalue weighted by Crippen LogP contribution is -2.24. The van der Waals surface area contributed by atoms with E-state index in [0.717, 1.165) is 26.2 Å². The van der Waals surface area contributed by atoms with Crippen molar-refractivity contribution in [1.82, 2.24) is 4.90 Å². The highest BCUT2D eigenvalue weighted by atomic mass is 16.7. The van der Waals surface area contributed by atoms with Crippen LogP contribution in [0.1, 0.15) is 98.3 Å². The minimum absolute atomic E-state index is 0.0106. The zero-order chi connectivity index (χ0) is 19.6. The molecule has 0 fully saturated rings. The molecule has 0 saturated heterocycles. The van der Waals surface area contributed by atoms with Crippen molar-refractivity contribution < 1.29 is 9.47 Å². The van der Waals surface area contributed by atoms with E-state index in [1.807, 2.05) is 0 Å². The van der Waals surface area contributed by atoms with Gasteiger partial charge in [0.15, 0.2) is 6.29 Å². The summed E-state index contributed by atoms with van der Waals surface area (Å²) in [5.74, 6) is 1.37. The highest BCUT2D eigenvalue weighted by molar-refractivity contribution is 4.60. The van der Waals surface area contributed by atoms with Gasteiger partial charge in [0.1, 0.15) is 0 Å². The summed E-state index contributed by atoms with van der Waals surface area (Å²) < 4.78 is 12.5. The van der Waals surface area contributed by atoms with E-state index < -0.39 is 0 Å². The summed E-state index contributed by atoms with van der Waals surface area (Å²) in [5, 5.41) is 0. The number of nitrogens with zero attached hydrogens (tertiary/aromatic N) is 1. The van der Waals surface area contributed by atoms with Crippen molar-refractivity contribution in [3.63, 3.8) is 0 Å². The Bertz CT molecular complexity index is 263.